The Balaban J connectivity index is 1.40. The number of para-hydroxylation sites is 1. The zero-order chi connectivity index (χ0) is 24.8. The molecule has 1 amide bonds. The standard InChI is InChI=1S/C25H21ClN4O5/c1-34-24-13-18(7-9-23(24)35-22-10-8-19(26)14-21(22)30(32)33)25(31)27-12-11-17-15-28-29(16-17)20-5-3-2-4-6-20/h2-10,13-16H,11-12H2,1H3,(H,27,31). The van der Waals surface area contributed by atoms with Crippen molar-refractivity contribution >= 4 is 23.2 Å². The second-order valence-electron chi connectivity index (χ2n) is 7.47. The van der Waals surface area contributed by atoms with E-state index in [1.54, 1.807) is 16.9 Å². The van der Waals surface area contributed by atoms with Crippen LogP contribution in [0.1, 0.15) is 15.9 Å². The highest BCUT2D eigenvalue weighted by atomic mass is 35.5. The van der Waals surface area contributed by atoms with Crippen LogP contribution in [-0.4, -0.2) is 34.3 Å². The number of nitro groups is 1. The van der Waals surface area contributed by atoms with E-state index in [9.17, 15) is 14.9 Å². The minimum Gasteiger partial charge on any atom is -0.493 e. The Bertz CT molecular complexity index is 1360. The number of hydrogen-bond donors (Lipinski definition) is 1. The fourth-order valence-corrected chi connectivity index (χ4v) is 3.53. The number of rotatable bonds is 9. The van der Waals surface area contributed by atoms with Gasteiger partial charge in [-0.1, -0.05) is 29.8 Å². The van der Waals surface area contributed by atoms with Gasteiger partial charge in [-0.25, -0.2) is 4.68 Å². The molecule has 0 atom stereocenters. The summed E-state index contributed by atoms with van der Waals surface area (Å²) in [7, 11) is 1.42. The number of carbonyl (C=O) groups is 1. The molecule has 0 radical (unpaired) electrons. The topological polar surface area (TPSA) is 109 Å². The quantitative estimate of drug-likeness (QED) is 0.254. The van der Waals surface area contributed by atoms with E-state index in [2.05, 4.69) is 10.4 Å². The maximum absolute atomic E-state index is 12.6. The first kappa shape index (κ1) is 23.8. The fourth-order valence-electron chi connectivity index (χ4n) is 3.36. The summed E-state index contributed by atoms with van der Waals surface area (Å²) >= 11 is 5.85. The average molecular weight is 493 g/mol. The predicted octanol–water partition coefficient (Wildman–Crippen LogP) is 5.21. The first-order valence-corrected chi connectivity index (χ1v) is 11.0. The summed E-state index contributed by atoms with van der Waals surface area (Å²) in [6.45, 7) is 0.414. The molecule has 4 rings (SSSR count). The molecule has 3 aromatic carbocycles. The Morgan fingerprint density at radius 3 is 2.60 bits per heavy atom. The molecule has 0 fully saturated rings. The molecule has 0 aliphatic heterocycles. The minimum atomic E-state index is -0.584. The third-order valence-electron chi connectivity index (χ3n) is 5.12. The van der Waals surface area contributed by atoms with Crippen molar-refractivity contribution in [2.24, 2.45) is 0 Å². The molecule has 4 aromatic rings. The highest BCUT2D eigenvalue weighted by Crippen LogP contribution is 2.37. The summed E-state index contributed by atoms with van der Waals surface area (Å²) in [6.07, 6.45) is 4.30. The maximum Gasteiger partial charge on any atom is 0.313 e. The summed E-state index contributed by atoms with van der Waals surface area (Å²) in [6, 6.07) is 18.4. The van der Waals surface area contributed by atoms with Crippen LogP contribution in [0.5, 0.6) is 17.2 Å². The minimum absolute atomic E-state index is 0.00551. The van der Waals surface area contributed by atoms with Gasteiger partial charge in [0.15, 0.2) is 11.5 Å². The van der Waals surface area contributed by atoms with Gasteiger partial charge in [0, 0.05) is 29.4 Å². The molecule has 1 N–H and O–H groups in total. The van der Waals surface area contributed by atoms with Crippen LogP contribution in [0.25, 0.3) is 5.69 Å². The van der Waals surface area contributed by atoms with E-state index in [0.29, 0.717) is 18.5 Å². The Kier molecular flexibility index (Phi) is 7.27. The Labute approximate surface area is 206 Å². The zero-order valence-corrected chi connectivity index (χ0v) is 19.4. The Morgan fingerprint density at radius 1 is 1.09 bits per heavy atom. The number of benzene rings is 3. The van der Waals surface area contributed by atoms with Gasteiger partial charge in [-0.2, -0.15) is 5.10 Å². The molecule has 0 aliphatic rings. The molecule has 1 heterocycles. The number of aromatic nitrogens is 2. The fraction of sp³-hybridized carbons (Fsp3) is 0.120. The van der Waals surface area contributed by atoms with Crippen LogP contribution in [0.2, 0.25) is 5.02 Å². The summed E-state index contributed by atoms with van der Waals surface area (Å²) in [5.41, 5.74) is 2.03. The van der Waals surface area contributed by atoms with Gasteiger partial charge in [0.2, 0.25) is 5.75 Å². The number of nitrogens with zero attached hydrogens (tertiary/aromatic N) is 3. The number of methoxy groups -OCH3 is 1. The lowest BCUT2D eigenvalue weighted by atomic mass is 10.1. The lowest BCUT2D eigenvalue weighted by Gasteiger charge is -2.12. The molecule has 10 heteroatoms. The van der Waals surface area contributed by atoms with Gasteiger partial charge in [-0.15, -0.1) is 0 Å². The van der Waals surface area contributed by atoms with E-state index in [1.165, 1.54) is 37.4 Å². The van der Waals surface area contributed by atoms with E-state index in [-0.39, 0.29) is 33.9 Å². The van der Waals surface area contributed by atoms with Gasteiger partial charge in [0.1, 0.15) is 0 Å². The summed E-state index contributed by atoms with van der Waals surface area (Å²) in [5, 5.41) is 18.8. The number of carbonyl (C=O) groups excluding carboxylic acids is 1. The molecule has 178 valence electrons. The van der Waals surface area contributed by atoms with E-state index >= 15 is 0 Å². The highest BCUT2D eigenvalue weighted by Gasteiger charge is 2.19. The summed E-state index contributed by atoms with van der Waals surface area (Å²) in [5.74, 6) is 0.197. The number of ether oxygens (including phenoxy) is 2. The van der Waals surface area contributed by atoms with Crippen molar-refractivity contribution < 1.29 is 19.2 Å². The second kappa shape index (κ2) is 10.7. The lowest BCUT2D eigenvalue weighted by Crippen LogP contribution is -2.25. The molecule has 35 heavy (non-hydrogen) atoms. The van der Waals surface area contributed by atoms with Crippen LogP contribution >= 0.6 is 11.6 Å². The molecule has 0 bridgehead atoms. The van der Waals surface area contributed by atoms with Crippen molar-refractivity contribution in [3.8, 4) is 22.9 Å². The van der Waals surface area contributed by atoms with Crippen LogP contribution in [0.3, 0.4) is 0 Å². The van der Waals surface area contributed by atoms with E-state index in [4.69, 9.17) is 21.1 Å². The first-order valence-electron chi connectivity index (χ1n) is 10.6. The molecular weight excluding hydrogens is 472 g/mol. The molecule has 9 nitrogen and oxygen atoms in total. The number of amides is 1. The molecule has 0 aliphatic carbocycles. The third kappa shape index (κ3) is 5.77. The van der Waals surface area contributed by atoms with Crippen LogP contribution < -0.4 is 14.8 Å². The molecule has 0 spiro atoms. The van der Waals surface area contributed by atoms with E-state index in [1.807, 2.05) is 36.5 Å². The maximum atomic E-state index is 12.6. The van der Waals surface area contributed by atoms with Gasteiger partial charge >= 0.3 is 5.69 Å². The smallest absolute Gasteiger partial charge is 0.313 e. The van der Waals surface area contributed by atoms with E-state index in [0.717, 1.165) is 11.3 Å². The van der Waals surface area contributed by atoms with Gasteiger partial charge < -0.3 is 14.8 Å². The molecule has 1 aromatic heterocycles. The predicted molar refractivity (Wildman–Crippen MR) is 131 cm³/mol. The van der Waals surface area contributed by atoms with Crippen molar-refractivity contribution in [2.75, 3.05) is 13.7 Å². The van der Waals surface area contributed by atoms with Crippen molar-refractivity contribution in [1.29, 1.82) is 0 Å². The van der Waals surface area contributed by atoms with Crippen LogP contribution in [-0.2, 0) is 6.42 Å². The third-order valence-corrected chi connectivity index (χ3v) is 5.35. The van der Waals surface area contributed by atoms with Gasteiger partial charge in [0.05, 0.1) is 23.9 Å². The van der Waals surface area contributed by atoms with Crippen molar-refractivity contribution in [3.63, 3.8) is 0 Å². The Morgan fingerprint density at radius 2 is 1.86 bits per heavy atom. The van der Waals surface area contributed by atoms with Crippen LogP contribution in [0, 0.1) is 10.1 Å². The number of halogens is 1. The summed E-state index contributed by atoms with van der Waals surface area (Å²) < 4.78 is 12.8. The Hall–Kier alpha value is -4.37. The molecular formula is C25H21ClN4O5. The normalized spacial score (nSPS) is 10.6. The zero-order valence-electron chi connectivity index (χ0n) is 18.7. The molecule has 0 saturated carbocycles. The van der Waals surface area contributed by atoms with Crippen molar-refractivity contribution in [1.82, 2.24) is 15.1 Å². The number of nitrogens with one attached hydrogen (secondary N) is 1. The molecule has 0 saturated heterocycles. The number of hydrogen-bond acceptors (Lipinski definition) is 6. The van der Waals surface area contributed by atoms with Crippen LogP contribution in [0.4, 0.5) is 5.69 Å². The summed E-state index contributed by atoms with van der Waals surface area (Å²) in [4.78, 5) is 23.4. The van der Waals surface area contributed by atoms with Gasteiger partial charge in [-0.05, 0) is 54.4 Å². The monoisotopic (exact) mass is 492 g/mol. The van der Waals surface area contributed by atoms with Gasteiger partial charge in [-0.3, -0.25) is 14.9 Å². The van der Waals surface area contributed by atoms with E-state index < -0.39 is 4.92 Å². The van der Waals surface area contributed by atoms with Crippen LogP contribution in [0.15, 0.2) is 79.1 Å². The van der Waals surface area contributed by atoms with Crippen molar-refractivity contribution in [3.05, 3.63) is 105 Å². The number of nitro benzene ring substituents is 1. The SMILES string of the molecule is COc1cc(C(=O)NCCc2cnn(-c3ccccc3)c2)ccc1Oc1ccc(Cl)cc1[N+](=O)[O-]. The van der Waals surface area contributed by atoms with Gasteiger partial charge in [0.25, 0.3) is 5.91 Å². The molecule has 0 unspecified atom stereocenters. The second-order valence-corrected chi connectivity index (χ2v) is 7.91. The lowest BCUT2D eigenvalue weighted by molar-refractivity contribution is -0.385. The first-order chi connectivity index (χ1) is 16.9. The average Bonchev–Trinajstić information content (AvgIpc) is 3.34. The largest absolute Gasteiger partial charge is 0.493 e. The highest BCUT2D eigenvalue weighted by molar-refractivity contribution is 6.30. The van der Waals surface area contributed by atoms with Crippen molar-refractivity contribution in [2.45, 2.75) is 6.42 Å².